The van der Waals surface area contributed by atoms with Crippen LogP contribution in [0.15, 0.2) is 18.5 Å². The number of hydrogen-bond donors (Lipinski definition) is 1. The first-order valence-corrected chi connectivity index (χ1v) is 6.35. The fourth-order valence-corrected chi connectivity index (χ4v) is 1.97. The second kappa shape index (κ2) is 6.56. The van der Waals surface area contributed by atoms with Crippen LogP contribution in [0, 0.1) is 0 Å². The van der Waals surface area contributed by atoms with Gasteiger partial charge >= 0.3 is 0 Å². The van der Waals surface area contributed by atoms with Crippen molar-refractivity contribution in [3.63, 3.8) is 0 Å². The Hall–Kier alpha value is -1.33. The van der Waals surface area contributed by atoms with Gasteiger partial charge in [-0.05, 0) is 13.0 Å². The largest absolute Gasteiger partial charge is 0.482 e. The Morgan fingerprint density at radius 2 is 2.33 bits per heavy atom. The predicted molar refractivity (Wildman–Crippen MR) is 68.8 cm³/mol. The van der Waals surface area contributed by atoms with E-state index in [0.29, 0.717) is 10.8 Å². The van der Waals surface area contributed by atoms with Gasteiger partial charge in [0.2, 0.25) is 0 Å². The second-order valence-electron chi connectivity index (χ2n) is 4.11. The monoisotopic (exact) mass is 269 g/mol. The molecule has 6 heteroatoms. The quantitative estimate of drug-likeness (QED) is 0.887. The highest BCUT2D eigenvalue weighted by Crippen LogP contribution is 2.15. The third-order valence-electron chi connectivity index (χ3n) is 2.73. The van der Waals surface area contributed by atoms with E-state index in [1.54, 1.807) is 12.3 Å². The summed E-state index contributed by atoms with van der Waals surface area (Å²) in [4.78, 5) is 17.6. The highest BCUT2D eigenvalue weighted by Gasteiger charge is 2.15. The van der Waals surface area contributed by atoms with Crippen molar-refractivity contribution in [3.8, 4) is 5.75 Å². The minimum absolute atomic E-state index is 0.00123. The maximum Gasteiger partial charge on any atom is 0.260 e. The van der Waals surface area contributed by atoms with Crippen molar-refractivity contribution in [3.05, 3.63) is 23.5 Å². The summed E-state index contributed by atoms with van der Waals surface area (Å²) in [5, 5.41) is 3.75. The van der Waals surface area contributed by atoms with Crippen molar-refractivity contribution in [1.29, 1.82) is 0 Å². The van der Waals surface area contributed by atoms with Gasteiger partial charge in [0.25, 0.3) is 5.91 Å². The molecule has 1 aromatic rings. The van der Waals surface area contributed by atoms with Crippen molar-refractivity contribution in [1.82, 2.24) is 15.2 Å². The molecule has 0 unspecified atom stereocenters. The SMILES string of the molecule is O=C(COc1cncc(Cl)c1)N1CCCNCC1. The molecule has 1 aliphatic rings. The molecule has 18 heavy (non-hydrogen) atoms. The van der Waals surface area contributed by atoms with E-state index in [4.69, 9.17) is 16.3 Å². The number of halogens is 1. The molecule has 1 aromatic heterocycles. The first-order chi connectivity index (χ1) is 8.75. The Morgan fingerprint density at radius 1 is 1.44 bits per heavy atom. The summed E-state index contributed by atoms with van der Waals surface area (Å²) in [6, 6.07) is 1.64. The van der Waals surface area contributed by atoms with Crippen LogP contribution in [-0.2, 0) is 4.79 Å². The Bertz CT molecular complexity index is 406. The number of nitrogens with zero attached hydrogens (tertiary/aromatic N) is 2. The lowest BCUT2D eigenvalue weighted by molar-refractivity contribution is -0.133. The van der Waals surface area contributed by atoms with E-state index in [0.717, 1.165) is 32.6 Å². The van der Waals surface area contributed by atoms with Crippen LogP contribution in [0.4, 0.5) is 0 Å². The first-order valence-electron chi connectivity index (χ1n) is 5.97. The van der Waals surface area contributed by atoms with Gasteiger partial charge in [0.15, 0.2) is 6.61 Å². The van der Waals surface area contributed by atoms with Crippen LogP contribution in [0.3, 0.4) is 0 Å². The number of carbonyl (C=O) groups is 1. The van der Waals surface area contributed by atoms with E-state index in [1.807, 2.05) is 4.90 Å². The standard InChI is InChI=1S/C12H16ClN3O2/c13-10-6-11(8-15-7-10)18-9-12(17)16-4-1-2-14-3-5-16/h6-8,14H,1-5,9H2. The summed E-state index contributed by atoms with van der Waals surface area (Å²) >= 11 is 5.78. The van der Waals surface area contributed by atoms with E-state index in [9.17, 15) is 4.79 Å². The summed E-state index contributed by atoms with van der Waals surface area (Å²) < 4.78 is 5.38. The van der Waals surface area contributed by atoms with E-state index >= 15 is 0 Å². The van der Waals surface area contributed by atoms with Gasteiger partial charge in [0.05, 0.1) is 11.2 Å². The van der Waals surface area contributed by atoms with Gasteiger partial charge < -0.3 is 15.0 Å². The smallest absolute Gasteiger partial charge is 0.260 e. The topological polar surface area (TPSA) is 54.5 Å². The zero-order chi connectivity index (χ0) is 12.8. The molecular weight excluding hydrogens is 254 g/mol. The number of rotatable bonds is 3. The fourth-order valence-electron chi connectivity index (χ4n) is 1.80. The van der Waals surface area contributed by atoms with Crippen molar-refractivity contribution in [2.45, 2.75) is 6.42 Å². The molecule has 1 aliphatic heterocycles. The van der Waals surface area contributed by atoms with Gasteiger partial charge in [0, 0.05) is 31.9 Å². The normalized spacial score (nSPS) is 16.2. The van der Waals surface area contributed by atoms with Gasteiger partial charge in [-0.3, -0.25) is 9.78 Å². The van der Waals surface area contributed by atoms with Crippen LogP contribution < -0.4 is 10.1 Å². The Labute approximate surface area is 111 Å². The van der Waals surface area contributed by atoms with Crippen LogP contribution in [0.2, 0.25) is 5.02 Å². The molecular formula is C12H16ClN3O2. The van der Waals surface area contributed by atoms with E-state index in [1.165, 1.54) is 6.20 Å². The lowest BCUT2D eigenvalue weighted by Crippen LogP contribution is -2.37. The van der Waals surface area contributed by atoms with E-state index in [-0.39, 0.29) is 12.5 Å². The third kappa shape index (κ3) is 3.85. The summed E-state index contributed by atoms with van der Waals surface area (Å²) in [5.41, 5.74) is 0. The number of ether oxygens (including phenoxy) is 1. The van der Waals surface area contributed by atoms with E-state index in [2.05, 4.69) is 10.3 Å². The Morgan fingerprint density at radius 3 is 3.17 bits per heavy atom. The van der Waals surface area contributed by atoms with E-state index < -0.39 is 0 Å². The maximum atomic E-state index is 11.9. The molecule has 1 N–H and O–H groups in total. The third-order valence-corrected chi connectivity index (χ3v) is 2.94. The minimum Gasteiger partial charge on any atom is -0.482 e. The van der Waals surface area contributed by atoms with Crippen LogP contribution in [0.5, 0.6) is 5.75 Å². The second-order valence-corrected chi connectivity index (χ2v) is 4.55. The molecule has 1 fully saturated rings. The predicted octanol–water partition coefficient (Wildman–Crippen LogP) is 0.936. The van der Waals surface area contributed by atoms with Gasteiger partial charge in [0.1, 0.15) is 5.75 Å². The molecule has 1 amide bonds. The lowest BCUT2D eigenvalue weighted by atomic mass is 10.4. The summed E-state index contributed by atoms with van der Waals surface area (Å²) in [6.07, 6.45) is 4.05. The maximum absolute atomic E-state index is 11.9. The van der Waals surface area contributed by atoms with Gasteiger partial charge in [-0.25, -0.2) is 0 Å². The highest BCUT2D eigenvalue weighted by molar-refractivity contribution is 6.30. The van der Waals surface area contributed by atoms with Crippen LogP contribution in [0.1, 0.15) is 6.42 Å². The van der Waals surface area contributed by atoms with Crippen LogP contribution in [0.25, 0.3) is 0 Å². The summed E-state index contributed by atoms with van der Waals surface area (Å²) in [5.74, 6) is 0.516. The molecule has 98 valence electrons. The Kier molecular flexibility index (Phi) is 4.78. The molecule has 0 radical (unpaired) electrons. The average molecular weight is 270 g/mol. The molecule has 0 saturated carbocycles. The molecule has 0 aromatic carbocycles. The number of hydrogen-bond acceptors (Lipinski definition) is 4. The van der Waals surface area contributed by atoms with Gasteiger partial charge in [-0.1, -0.05) is 11.6 Å². The molecule has 0 spiro atoms. The minimum atomic E-state index is -0.00123. The molecule has 1 saturated heterocycles. The molecule has 0 aliphatic carbocycles. The first kappa shape index (κ1) is 13.1. The lowest BCUT2D eigenvalue weighted by Gasteiger charge is -2.19. The van der Waals surface area contributed by atoms with Crippen molar-refractivity contribution < 1.29 is 9.53 Å². The molecule has 2 heterocycles. The zero-order valence-electron chi connectivity index (χ0n) is 10.1. The van der Waals surface area contributed by atoms with Crippen molar-refractivity contribution in [2.75, 3.05) is 32.8 Å². The van der Waals surface area contributed by atoms with Crippen molar-refractivity contribution in [2.24, 2.45) is 0 Å². The highest BCUT2D eigenvalue weighted by atomic mass is 35.5. The van der Waals surface area contributed by atoms with Crippen molar-refractivity contribution >= 4 is 17.5 Å². The number of pyridine rings is 1. The Balaban J connectivity index is 1.83. The van der Waals surface area contributed by atoms with Crippen LogP contribution in [-0.4, -0.2) is 48.6 Å². The number of amides is 1. The number of carbonyl (C=O) groups excluding carboxylic acids is 1. The average Bonchev–Trinajstić information content (AvgIpc) is 2.65. The molecule has 2 rings (SSSR count). The summed E-state index contributed by atoms with van der Waals surface area (Å²) in [6.45, 7) is 3.34. The zero-order valence-corrected chi connectivity index (χ0v) is 10.8. The molecule has 0 bridgehead atoms. The number of aromatic nitrogens is 1. The van der Waals surface area contributed by atoms with Gasteiger partial charge in [-0.15, -0.1) is 0 Å². The fraction of sp³-hybridized carbons (Fsp3) is 0.500. The molecule has 0 atom stereocenters. The number of nitrogens with one attached hydrogen (secondary N) is 1. The van der Waals surface area contributed by atoms with Crippen LogP contribution >= 0.6 is 11.6 Å². The summed E-state index contributed by atoms with van der Waals surface area (Å²) in [7, 11) is 0. The molecule has 5 nitrogen and oxygen atoms in total. The van der Waals surface area contributed by atoms with Gasteiger partial charge in [-0.2, -0.15) is 0 Å².